The number of anilines is 1. The van der Waals surface area contributed by atoms with Crippen molar-refractivity contribution in [2.75, 3.05) is 12.4 Å². The van der Waals surface area contributed by atoms with Crippen LogP contribution in [0.15, 0.2) is 59.8 Å². The van der Waals surface area contributed by atoms with Gasteiger partial charge in [-0.3, -0.25) is 4.79 Å². The molecular formula is C20H17F4N3O2. The molecule has 1 atom stereocenters. The number of hydrogen-bond acceptors (Lipinski definition) is 2. The molecule has 0 saturated carbocycles. The number of allylic oxidation sites excluding steroid dienone is 1. The summed E-state index contributed by atoms with van der Waals surface area (Å²) in [5.41, 5.74) is -0.234. The van der Waals surface area contributed by atoms with Crippen LogP contribution in [0.1, 0.15) is 24.1 Å². The summed E-state index contributed by atoms with van der Waals surface area (Å²) in [6, 6.07) is 8.15. The molecule has 9 heteroatoms. The molecule has 3 rings (SSSR count). The van der Waals surface area contributed by atoms with Crippen molar-refractivity contribution in [2.24, 2.45) is 0 Å². The third kappa shape index (κ3) is 4.23. The molecule has 2 N–H and O–H groups in total. The maximum Gasteiger partial charge on any atom is 0.416 e. The van der Waals surface area contributed by atoms with Crippen molar-refractivity contribution < 1.29 is 27.2 Å². The Bertz CT molecular complexity index is 1000. The van der Waals surface area contributed by atoms with E-state index in [9.17, 15) is 27.2 Å². The highest BCUT2D eigenvalue weighted by molar-refractivity contribution is 6.06. The van der Waals surface area contributed by atoms with Crippen molar-refractivity contribution in [3.05, 3.63) is 76.7 Å². The summed E-state index contributed by atoms with van der Waals surface area (Å²) < 4.78 is 52.5. The Morgan fingerprint density at radius 2 is 1.83 bits per heavy atom. The number of benzene rings is 2. The number of halogens is 4. The van der Waals surface area contributed by atoms with Gasteiger partial charge in [0.25, 0.3) is 5.91 Å². The lowest BCUT2D eigenvalue weighted by atomic mass is 9.94. The number of hydrogen-bond donors (Lipinski definition) is 2. The molecule has 1 aliphatic rings. The minimum Gasteiger partial charge on any atom is -0.327 e. The number of urea groups is 1. The summed E-state index contributed by atoms with van der Waals surface area (Å²) >= 11 is 0. The number of carbonyl (C=O) groups is 2. The van der Waals surface area contributed by atoms with Crippen molar-refractivity contribution in [1.82, 2.24) is 10.2 Å². The zero-order chi connectivity index (χ0) is 21.3. The summed E-state index contributed by atoms with van der Waals surface area (Å²) in [6.45, 7) is 1.53. The number of nitrogens with one attached hydrogen (secondary N) is 2. The number of rotatable bonds is 3. The maximum atomic E-state index is 13.7. The third-order valence-corrected chi connectivity index (χ3v) is 4.63. The first-order valence-corrected chi connectivity index (χ1v) is 8.57. The van der Waals surface area contributed by atoms with E-state index in [4.69, 9.17) is 0 Å². The SMILES string of the molecule is CC1=C(C(=O)Nc2cccc(C(F)(F)F)c2)[C@@H](c2cccc(F)c2)NC(=O)N1C. The van der Waals surface area contributed by atoms with E-state index in [1.54, 1.807) is 6.07 Å². The fraction of sp³-hybridized carbons (Fsp3) is 0.200. The first-order valence-electron chi connectivity index (χ1n) is 8.57. The van der Waals surface area contributed by atoms with Gasteiger partial charge >= 0.3 is 12.2 Å². The van der Waals surface area contributed by atoms with Gasteiger partial charge in [-0.2, -0.15) is 13.2 Å². The van der Waals surface area contributed by atoms with Crippen LogP contribution >= 0.6 is 0 Å². The lowest BCUT2D eigenvalue weighted by Crippen LogP contribution is -2.46. The minimum atomic E-state index is -4.56. The highest BCUT2D eigenvalue weighted by atomic mass is 19.4. The fourth-order valence-electron chi connectivity index (χ4n) is 3.04. The number of nitrogens with zero attached hydrogens (tertiary/aromatic N) is 1. The molecule has 0 saturated heterocycles. The summed E-state index contributed by atoms with van der Waals surface area (Å²) in [5.74, 6) is -1.26. The average Bonchev–Trinajstić information content (AvgIpc) is 2.65. The highest BCUT2D eigenvalue weighted by Gasteiger charge is 2.35. The Hall–Kier alpha value is -3.36. The van der Waals surface area contributed by atoms with Gasteiger partial charge in [-0.1, -0.05) is 18.2 Å². The summed E-state index contributed by atoms with van der Waals surface area (Å²) in [5, 5.41) is 5.05. The molecule has 0 fully saturated rings. The van der Waals surface area contributed by atoms with Gasteiger partial charge in [0.15, 0.2) is 0 Å². The number of alkyl halides is 3. The Morgan fingerprint density at radius 1 is 1.14 bits per heavy atom. The topological polar surface area (TPSA) is 61.4 Å². The monoisotopic (exact) mass is 407 g/mol. The Labute approximate surface area is 164 Å². The molecule has 2 aromatic carbocycles. The Balaban J connectivity index is 1.98. The zero-order valence-corrected chi connectivity index (χ0v) is 15.5. The molecule has 0 aliphatic carbocycles. The average molecular weight is 407 g/mol. The van der Waals surface area contributed by atoms with E-state index in [1.165, 1.54) is 49.2 Å². The summed E-state index contributed by atoms with van der Waals surface area (Å²) in [4.78, 5) is 26.3. The van der Waals surface area contributed by atoms with Gasteiger partial charge in [-0.25, -0.2) is 9.18 Å². The first kappa shape index (κ1) is 20.4. The molecule has 3 amide bonds. The van der Waals surface area contributed by atoms with Crippen LogP contribution in [-0.4, -0.2) is 23.9 Å². The van der Waals surface area contributed by atoms with Crippen LogP contribution in [0.3, 0.4) is 0 Å². The molecule has 29 heavy (non-hydrogen) atoms. The molecule has 2 aromatic rings. The van der Waals surface area contributed by atoms with E-state index in [0.29, 0.717) is 11.3 Å². The Kier molecular flexibility index (Phi) is 5.32. The zero-order valence-electron chi connectivity index (χ0n) is 15.5. The number of carbonyl (C=O) groups excluding carboxylic acids is 2. The standard InChI is InChI=1S/C20H17F4N3O2/c1-11-16(18(28)25-15-8-4-6-13(10-15)20(22,23)24)17(26-19(29)27(11)2)12-5-3-7-14(21)9-12/h3-10,17H,1-2H3,(H,25,28)(H,26,29)/t17-/m1/s1. The summed E-state index contributed by atoms with van der Waals surface area (Å²) in [7, 11) is 1.45. The van der Waals surface area contributed by atoms with E-state index < -0.39 is 35.5 Å². The normalized spacial score (nSPS) is 17.2. The van der Waals surface area contributed by atoms with Gasteiger partial charge < -0.3 is 15.5 Å². The van der Waals surface area contributed by atoms with Crippen LogP contribution in [0, 0.1) is 5.82 Å². The largest absolute Gasteiger partial charge is 0.416 e. The van der Waals surface area contributed by atoms with Crippen molar-refractivity contribution in [3.63, 3.8) is 0 Å². The molecule has 5 nitrogen and oxygen atoms in total. The van der Waals surface area contributed by atoms with Crippen LogP contribution in [0.5, 0.6) is 0 Å². The number of amides is 3. The molecule has 1 heterocycles. The molecular weight excluding hydrogens is 390 g/mol. The smallest absolute Gasteiger partial charge is 0.327 e. The van der Waals surface area contributed by atoms with E-state index in [0.717, 1.165) is 12.1 Å². The van der Waals surface area contributed by atoms with Gasteiger partial charge in [0.2, 0.25) is 0 Å². The third-order valence-electron chi connectivity index (χ3n) is 4.63. The van der Waals surface area contributed by atoms with Crippen molar-refractivity contribution in [1.29, 1.82) is 0 Å². The molecule has 152 valence electrons. The van der Waals surface area contributed by atoms with E-state index >= 15 is 0 Å². The maximum absolute atomic E-state index is 13.7. The van der Waals surface area contributed by atoms with Crippen LogP contribution in [0.25, 0.3) is 0 Å². The molecule has 0 spiro atoms. The van der Waals surface area contributed by atoms with Crippen molar-refractivity contribution in [3.8, 4) is 0 Å². The molecule has 0 radical (unpaired) electrons. The quantitative estimate of drug-likeness (QED) is 0.739. The second kappa shape index (κ2) is 7.57. The second-order valence-corrected chi connectivity index (χ2v) is 6.53. The van der Waals surface area contributed by atoms with Gasteiger partial charge in [0, 0.05) is 18.4 Å². The molecule has 0 bridgehead atoms. The minimum absolute atomic E-state index is 0.0531. The van der Waals surface area contributed by atoms with E-state index in [1.807, 2.05) is 0 Å². The van der Waals surface area contributed by atoms with Crippen molar-refractivity contribution >= 4 is 17.6 Å². The molecule has 0 aromatic heterocycles. The lowest BCUT2D eigenvalue weighted by Gasteiger charge is -2.33. The van der Waals surface area contributed by atoms with Gasteiger partial charge in [0.05, 0.1) is 17.2 Å². The first-order chi connectivity index (χ1) is 13.6. The van der Waals surface area contributed by atoms with Gasteiger partial charge in [0.1, 0.15) is 5.82 Å². The van der Waals surface area contributed by atoms with Crippen molar-refractivity contribution in [2.45, 2.75) is 19.1 Å². The second-order valence-electron chi connectivity index (χ2n) is 6.53. The molecule has 0 unspecified atom stereocenters. The van der Waals surface area contributed by atoms with Crippen LogP contribution in [0.2, 0.25) is 0 Å². The fourth-order valence-corrected chi connectivity index (χ4v) is 3.04. The van der Waals surface area contributed by atoms with E-state index in [2.05, 4.69) is 10.6 Å². The lowest BCUT2D eigenvalue weighted by molar-refractivity contribution is -0.137. The van der Waals surface area contributed by atoms with Gasteiger partial charge in [-0.15, -0.1) is 0 Å². The Morgan fingerprint density at radius 3 is 2.48 bits per heavy atom. The van der Waals surface area contributed by atoms with Crippen LogP contribution < -0.4 is 10.6 Å². The predicted molar refractivity (Wildman–Crippen MR) is 98.2 cm³/mol. The molecule has 1 aliphatic heterocycles. The predicted octanol–water partition coefficient (Wildman–Crippen LogP) is 4.45. The summed E-state index contributed by atoms with van der Waals surface area (Å²) in [6.07, 6.45) is -4.56. The van der Waals surface area contributed by atoms with Crippen LogP contribution in [0.4, 0.5) is 28.0 Å². The highest BCUT2D eigenvalue weighted by Crippen LogP contribution is 2.33. The van der Waals surface area contributed by atoms with Gasteiger partial charge in [-0.05, 0) is 42.8 Å². The van der Waals surface area contributed by atoms with Crippen LogP contribution in [-0.2, 0) is 11.0 Å². The van der Waals surface area contributed by atoms with E-state index in [-0.39, 0.29) is 11.3 Å².